The monoisotopic (exact) mass is 352 g/mol. The molecule has 2 heterocycles. The van der Waals surface area contributed by atoms with E-state index in [0.29, 0.717) is 5.15 Å². The number of halogens is 1. The summed E-state index contributed by atoms with van der Waals surface area (Å²) in [6, 6.07) is 8.42. The average Bonchev–Trinajstić information content (AvgIpc) is 2.90. The second-order valence-corrected chi connectivity index (χ2v) is 7.86. The Labute approximate surface area is 141 Å². The van der Waals surface area contributed by atoms with Gasteiger partial charge >= 0.3 is 0 Å². The standard InChI is InChI=1S/C15H13ClN2S3/c1-9-7-20-15(17-9)21-8-11-5-10-3-4-12(19-2)6-13(10)18-14(11)16/h3-7H,8H2,1-2H3. The number of fused-ring (bicyclic) bond motifs is 1. The predicted molar refractivity (Wildman–Crippen MR) is 94.9 cm³/mol. The molecule has 0 aliphatic carbocycles. The third-order valence-corrected chi connectivity index (χ3v) is 6.24. The summed E-state index contributed by atoms with van der Waals surface area (Å²) in [5.74, 6) is 0.791. The van der Waals surface area contributed by atoms with Crippen molar-refractivity contribution in [1.29, 1.82) is 0 Å². The molecule has 0 aliphatic heterocycles. The molecule has 21 heavy (non-hydrogen) atoms. The number of hydrogen-bond acceptors (Lipinski definition) is 5. The summed E-state index contributed by atoms with van der Waals surface area (Å²) in [6.07, 6.45) is 2.06. The van der Waals surface area contributed by atoms with Gasteiger partial charge in [0.05, 0.1) is 5.52 Å². The van der Waals surface area contributed by atoms with Crippen LogP contribution in [0.25, 0.3) is 10.9 Å². The lowest BCUT2D eigenvalue weighted by molar-refractivity contribution is 1.16. The van der Waals surface area contributed by atoms with Crippen LogP contribution in [-0.2, 0) is 5.75 Å². The van der Waals surface area contributed by atoms with Gasteiger partial charge < -0.3 is 0 Å². The fourth-order valence-electron chi connectivity index (χ4n) is 1.93. The van der Waals surface area contributed by atoms with E-state index < -0.39 is 0 Å². The van der Waals surface area contributed by atoms with E-state index in [-0.39, 0.29) is 0 Å². The van der Waals surface area contributed by atoms with Crippen LogP contribution in [-0.4, -0.2) is 16.2 Å². The predicted octanol–water partition coefficient (Wildman–Crippen LogP) is 5.67. The highest BCUT2D eigenvalue weighted by Crippen LogP contribution is 2.30. The van der Waals surface area contributed by atoms with Crippen LogP contribution in [0, 0.1) is 6.92 Å². The zero-order chi connectivity index (χ0) is 14.8. The number of pyridine rings is 1. The molecule has 0 unspecified atom stereocenters. The summed E-state index contributed by atoms with van der Waals surface area (Å²) < 4.78 is 1.07. The Bertz CT molecular complexity index is 786. The lowest BCUT2D eigenvalue weighted by Crippen LogP contribution is -1.89. The minimum absolute atomic E-state index is 0.585. The van der Waals surface area contributed by atoms with Crippen LogP contribution in [0.15, 0.2) is 38.9 Å². The first-order chi connectivity index (χ1) is 10.2. The van der Waals surface area contributed by atoms with Crippen LogP contribution in [0.4, 0.5) is 0 Å². The number of aryl methyl sites for hydroxylation is 1. The van der Waals surface area contributed by atoms with Gasteiger partial charge in [0, 0.05) is 32.7 Å². The van der Waals surface area contributed by atoms with E-state index in [2.05, 4.69) is 45.9 Å². The Morgan fingerprint density at radius 2 is 2.10 bits per heavy atom. The zero-order valence-electron chi connectivity index (χ0n) is 11.6. The topological polar surface area (TPSA) is 25.8 Å². The fraction of sp³-hybridized carbons (Fsp3) is 0.200. The number of hydrogen-bond donors (Lipinski definition) is 0. The van der Waals surface area contributed by atoms with Gasteiger partial charge in [-0.1, -0.05) is 29.4 Å². The Morgan fingerprint density at radius 3 is 2.81 bits per heavy atom. The second kappa shape index (κ2) is 6.57. The van der Waals surface area contributed by atoms with Crippen molar-refractivity contribution in [2.75, 3.05) is 6.26 Å². The van der Waals surface area contributed by atoms with Crippen LogP contribution in [0.1, 0.15) is 11.3 Å². The van der Waals surface area contributed by atoms with E-state index in [1.807, 2.05) is 6.92 Å². The molecule has 0 bridgehead atoms. The molecule has 0 amide bonds. The normalized spacial score (nSPS) is 11.2. The largest absolute Gasteiger partial charge is 0.236 e. The molecular formula is C15H13ClN2S3. The van der Waals surface area contributed by atoms with Gasteiger partial charge in [-0.05, 0) is 31.4 Å². The molecule has 0 spiro atoms. The van der Waals surface area contributed by atoms with Gasteiger partial charge in [-0.15, -0.1) is 23.1 Å². The lowest BCUT2D eigenvalue weighted by atomic mass is 10.2. The molecule has 0 N–H and O–H groups in total. The maximum atomic E-state index is 6.32. The molecule has 108 valence electrons. The quantitative estimate of drug-likeness (QED) is 0.446. The Kier molecular flexibility index (Phi) is 4.74. The summed E-state index contributed by atoms with van der Waals surface area (Å²) in [7, 11) is 0. The number of thiazole rings is 1. The van der Waals surface area contributed by atoms with Crippen LogP contribution >= 0.6 is 46.5 Å². The summed E-state index contributed by atoms with van der Waals surface area (Å²) in [5.41, 5.74) is 3.07. The van der Waals surface area contributed by atoms with Gasteiger partial charge in [-0.2, -0.15) is 0 Å². The minimum Gasteiger partial charge on any atom is -0.236 e. The lowest BCUT2D eigenvalue weighted by Gasteiger charge is -2.06. The maximum Gasteiger partial charge on any atom is 0.150 e. The van der Waals surface area contributed by atoms with Crippen molar-refractivity contribution in [3.8, 4) is 0 Å². The van der Waals surface area contributed by atoms with Crippen molar-refractivity contribution in [3.63, 3.8) is 0 Å². The fourth-order valence-corrected chi connectivity index (χ4v) is 4.48. The molecule has 2 nitrogen and oxygen atoms in total. The SMILES string of the molecule is CSc1ccc2cc(CSc3nc(C)cs3)c(Cl)nc2c1. The van der Waals surface area contributed by atoms with Gasteiger partial charge in [-0.25, -0.2) is 9.97 Å². The number of nitrogens with zero attached hydrogens (tertiary/aromatic N) is 2. The average molecular weight is 353 g/mol. The summed E-state index contributed by atoms with van der Waals surface area (Å²) in [4.78, 5) is 10.2. The van der Waals surface area contributed by atoms with E-state index in [0.717, 1.165) is 32.3 Å². The molecule has 0 saturated heterocycles. The maximum absolute atomic E-state index is 6.32. The van der Waals surface area contributed by atoms with E-state index in [1.165, 1.54) is 4.90 Å². The summed E-state index contributed by atoms with van der Waals surface area (Å²) in [6.45, 7) is 2.01. The highest BCUT2D eigenvalue weighted by molar-refractivity contribution is 8.00. The van der Waals surface area contributed by atoms with Crippen molar-refractivity contribution < 1.29 is 0 Å². The van der Waals surface area contributed by atoms with Crippen molar-refractivity contribution in [2.24, 2.45) is 0 Å². The molecule has 3 aromatic rings. The Morgan fingerprint density at radius 1 is 1.24 bits per heavy atom. The van der Waals surface area contributed by atoms with Crippen LogP contribution in [0.3, 0.4) is 0 Å². The number of benzene rings is 1. The molecule has 6 heteroatoms. The summed E-state index contributed by atoms with van der Waals surface area (Å²) >= 11 is 11.4. The number of thioether (sulfide) groups is 2. The highest BCUT2D eigenvalue weighted by atomic mass is 35.5. The van der Waals surface area contributed by atoms with Crippen molar-refractivity contribution in [3.05, 3.63) is 46.1 Å². The van der Waals surface area contributed by atoms with Gasteiger partial charge in [0.25, 0.3) is 0 Å². The van der Waals surface area contributed by atoms with Crippen molar-refractivity contribution >= 4 is 57.4 Å². The highest BCUT2D eigenvalue weighted by Gasteiger charge is 2.08. The van der Waals surface area contributed by atoms with E-state index in [4.69, 9.17) is 11.6 Å². The van der Waals surface area contributed by atoms with Gasteiger partial charge in [0.2, 0.25) is 0 Å². The van der Waals surface area contributed by atoms with Crippen LogP contribution in [0.2, 0.25) is 5.15 Å². The van der Waals surface area contributed by atoms with Gasteiger partial charge in [0.15, 0.2) is 0 Å². The zero-order valence-corrected chi connectivity index (χ0v) is 14.8. The van der Waals surface area contributed by atoms with E-state index >= 15 is 0 Å². The van der Waals surface area contributed by atoms with Gasteiger partial charge in [-0.3, -0.25) is 0 Å². The summed E-state index contributed by atoms with van der Waals surface area (Å²) in [5, 5.41) is 3.77. The first-order valence-corrected chi connectivity index (χ1v) is 9.80. The molecule has 0 fully saturated rings. The minimum atomic E-state index is 0.585. The molecule has 0 radical (unpaired) electrons. The molecule has 2 aromatic heterocycles. The third-order valence-electron chi connectivity index (χ3n) is 3.00. The number of rotatable bonds is 4. The first-order valence-electron chi connectivity index (χ1n) is 6.34. The Balaban J connectivity index is 1.86. The van der Waals surface area contributed by atoms with Crippen LogP contribution < -0.4 is 0 Å². The molecule has 0 atom stereocenters. The van der Waals surface area contributed by atoms with Crippen LogP contribution in [0.5, 0.6) is 0 Å². The van der Waals surface area contributed by atoms with Crippen molar-refractivity contribution in [1.82, 2.24) is 9.97 Å². The molecule has 1 aromatic carbocycles. The first kappa shape index (κ1) is 15.2. The Hall–Kier alpha value is -0.750. The van der Waals surface area contributed by atoms with Gasteiger partial charge in [0.1, 0.15) is 9.49 Å². The molecule has 3 rings (SSSR count). The second-order valence-electron chi connectivity index (χ2n) is 4.54. The van der Waals surface area contributed by atoms with E-state index in [1.54, 1.807) is 34.9 Å². The molecule has 0 aliphatic rings. The smallest absolute Gasteiger partial charge is 0.150 e. The molecular weight excluding hydrogens is 340 g/mol. The number of aromatic nitrogens is 2. The molecule has 0 saturated carbocycles. The van der Waals surface area contributed by atoms with E-state index in [9.17, 15) is 0 Å². The van der Waals surface area contributed by atoms with Crippen molar-refractivity contribution in [2.45, 2.75) is 21.9 Å². The third kappa shape index (κ3) is 3.54.